The summed E-state index contributed by atoms with van der Waals surface area (Å²) in [4.78, 5) is 0. The molecule has 2 heteroatoms. The summed E-state index contributed by atoms with van der Waals surface area (Å²) < 4.78 is 4.25. The van der Waals surface area contributed by atoms with Gasteiger partial charge in [-0.3, -0.25) is 0 Å². The van der Waals surface area contributed by atoms with Crippen molar-refractivity contribution in [2.45, 2.75) is 26.7 Å². The van der Waals surface area contributed by atoms with Crippen LogP contribution in [0.4, 0.5) is 0 Å². The van der Waals surface area contributed by atoms with E-state index in [2.05, 4.69) is 23.6 Å². The molecule has 0 N–H and O–H groups in total. The van der Waals surface area contributed by atoms with Crippen LogP contribution in [0.25, 0.3) is 0 Å². The average Bonchev–Trinajstić information content (AvgIpc) is 2.18. The summed E-state index contributed by atoms with van der Waals surface area (Å²) in [7, 11) is 0. The van der Waals surface area contributed by atoms with Gasteiger partial charge in [-0.05, 0) is 30.4 Å². The lowest BCUT2D eigenvalue weighted by molar-refractivity contribution is 0.891. The summed E-state index contributed by atoms with van der Waals surface area (Å²) in [6.45, 7) is 4.30. The standard InChI is InChI=1S/C7H11NS/c1-3-4-7-6(2)5-9-8-7/h5H,3-4H2,1-2H3. The van der Waals surface area contributed by atoms with Crippen molar-refractivity contribution in [3.05, 3.63) is 16.6 Å². The SMILES string of the molecule is CCCc1nscc1C. The van der Waals surface area contributed by atoms with E-state index >= 15 is 0 Å². The Morgan fingerprint density at radius 1 is 1.67 bits per heavy atom. The molecule has 0 radical (unpaired) electrons. The predicted molar refractivity (Wildman–Crippen MR) is 40.8 cm³/mol. The average molecular weight is 141 g/mol. The van der Waals surface area contributed by atoms with E-state index in [0.29, 0.717) is 0 Å². The zero-order valence-electron chi connectivity index (χ0n) is 5.85. The molecule has 50 valence electrons. The van der Waals surface area contributed by atoms with E-state index in [-0.39, 0.29) is 0 Å². The lowest BCUT2D eigenvalue weighted by Gasteiger charge is -1.90. The van der Waals surface area contributed by atoms with Gasteiger partial charge in [0.25, 0.3) is 0 Å². The Kier molecular flexibility index (Phi) is 2.22. The zero-order chi connectivity index (χ0) is 6.69. The molecule has 1 nitrogen and oxygen atoms in total. The van der Waals surface area contributed by atoms with Gasteiger partial charge < -0.3 is 0 Å². The van der Waals surface area contributed by atoms with E-state index in [9.17, 15) is 0 Å². The van der Waals surface area contributed by atoms with Crippen molar-refractivity contribution >= 4 is 11.5 Å². The fourth-order valence-electron chi connectivity index (χ4n) is 0.789. The van der Waals surface area contributed by atoms with Crippen LogP contribution in [0, 0.1) is 6.92 Å². The maximum atomic E-state index is 4.25. The number of nitrogens with zero attached hydrogens (tertiary/aromatic N) is 1. The van der Waals surface area contributed by atoms with Crippen LogP contribution in [0.1, 0.15) is 24.6 Å². The molecule has 0 atom stereocenters. The van der Waals surface area contributed by atoms with Crippen LogP contribution in [0.3, 0.4) is 0 Å². The number of aryl methyl sites for hydroxylation is 2. The van der Waals surface area contributed by atoms with E-state index in [1.165, 1.54) is 17.7 Å². The molecule has 0 saturated carbocycles. The van der Waals surface area contributed by atoms with Crippen LogP contribution in [0.15, 0.2) is 5.38 Å². The Morgan fingerprint density at radius 3 is 2.89 bits per heavy atom. The Hall–Kier alpha value is -0.370. The van der Waals surface area contributed by atoms with E-state index < -0.39 is 0 Å². The third kappa shape index (κ3) is 1.52. The van der Waals surface area contributed by atoms with Crippen LogP contribution < -0.4 is 0 Å². The summed E-state index contributed by atoms with van der Waals surface area (Å²) in [6, 6.07) is 0. The lowest BCUT2D eigenvalue weighted by Crippen LogP contribution is -1.83. The van der Waals surface area contributed by atoms with Gasteiger partial charge in [-0.1, -0.05) is 13.3 Å². The van der Waals surface area contributed by atoms with Gasteiger partial charge in [0.2, 0.25) is 0 Å². The van der Waals surface area contributed by atoms with Gasteiger partial charge in [0.05, 0.1) is 5.69 Å². The zero-order valence-corrected chi connectivity index (χ0v) is 6.66. The van der Waals surface area contributed by atoms with Gasteiger partial charge in [0.15, 0.2) is 0 Å². The number of hydrogen-bond donors (Lipinski definition) is 0. The molecule has 0 spiro atoms. The molecule has 1 aromatic rings. The second-order valence-electron chi connectivity index (χ2n) is 2.19. The Labute approximate surface area is 59.9 Å². The summed E-state index contributed by atoms with van der Waals surface area (Å²) in [6.07, 6.45) is 2.33. The first-order valence-corrected chi connectivity index (χ1v) is 4.08. The summed E-state index contributed by atoms with van der Waals surface area (Å²) in [5, 5.41) is 2.10. The molecule has 0 aliphatic heterocycles. The van der Waals surface area contributed by atoms with Crippen LogP contribution in [0.2, 0.25) is 0 Å². The molecule has 0 bridgehead atoms. The summed E-state index contributed by atoms with van der Waals surface area (Å²) in [5.74, 6) is 0. The van der Waals surface area contributed by atoms with Gasteiger partial charge >= 0.3 is 0 Å². The first-order valence-electron chi connectivity index (χ1n) is 3.24. The minimum absolute atomic E-state index is 1.13. The van der Waals surface area contributed by atoms with Crippen molar-refractivity contribution in [2.75, 3.05) is 0 Å². The van der Waals surface area contributed by atoms with E-state index in [0.717, 1.165) is 6.42 Å². The van der Waals surface area contributed by atoms with E-state index in [4.69, 9.17) is 0 Å². The molecule has 0 saturated heterocycles. The second kappa shape index (κ2) is 2.97. The van der Waals surface area contributed by atoms with Gasteiger partial charge in [0.1, 0.15) is 0 Å². The smallest absolute Gasteiger partial charge is 0.0571 e. The first kappa shape index (κ1) is 6.75. The molecule has 0 unspecified atom stereocenters. The van der Waals surface area contributed by atoms with Crippen molar-refractivity contribution in [1.82, 2.24) is 4.37 Å². The molecular formula is C7H11NS. The highest BCUT2D eigenvalue weighted by Crippen LogP contribution is 2.09. The largest absolute Gasteiger partial charge is 0.197 e. The number of aromatic nitrogens is 1. The summed E-state index contributed by atoms with van der Waals surface area (Å²) >= 11 is 1.56. The second-order valence-corrected chi connectivity index (χ2v) is 2.82. The van der Waals surface area contributed by atoms with Crippen LogP contribution in [0.5, 0.6) is 0 Å². The molecule has 0 aliphatic carbocycles. The minimum atomic E-state index is 1.13. The van der Waals surface area contributed by atoms with Crippen LogP contribution in [-0.2, 0) is 6.42 Å². The van der Waals surface area contributed by atoms with Crippen molar-refractivity contribution in [3.63, 3.8) is 0 Å². The molecule has 0 aromatic carbocycles. The maximum absolute atomic E-state index is 4.25. The molecule has 0 aliphatic rings. The predicted octanol–water partition coefficient (Wildman–Crippen LogP) is 2.40. The third-order valence-electron chi connectivity index (χ3n) is 1.33. The van der Waals surface area contributed by atoms with Crippen molar-refractivity contribution in [1.29, 1.82) is 0 Å². The number of hydrogen-bond acceptors (Lipinski definition) is 2. The van der Waals surface area contributed by atoms with Crippen LogP contribution >= 0.6 is 11.5 Å². The fourth-order valence-corrected chi connectivity index (χ4v) is 1.50. The fraction of sp³-hybridized carbons (Fsp3) is 0.571. The van der Waals surface area contributed by atoms with E-state index in [1.807, 2.05) is 0 Å². The molecule has 1 heterocycles. The molecule has 0 fully saturated rings. The molecule has 1 rings (SSSR count). The van der Waals surface area contributed by atoms with Gasteiger partial charge in [-0.25, -0.2) is 0 Å². The molecule has 1 aromatic heterocycles. The van der Waals surface area contributed by atoms with Gasteiger partial charge in [-0.15, -0.1) is 0 Å². The topological polar surface area (TPSA) is 12.9 Å². The quantitative estimate of drug-likeness (QED) is 0.616. The summed E-state index contributed by atoms with van der Waals surface area (Å²) in [5.41, 5.74) is 2.63. The van der Waals surface area contributed by atoms with Gasteiger partial charge in [0, 0.05) is 5.38 Å². The Bertz CT molecular complexity index is 181. The number of rotatable bonds is 2. The van der Waals surface area contributed by atoms with Gasteiger partial charge in [-0.2, -0.15) is 4.37 Å². The normalized spacial score (nSPS) is 10.0. The monoisotopic (exact) mass is 141 g/mol. The Balaban J connectivity index is 2.69. The molecule has 0 amide bonds. The minimum Gasteiger partial charge on any atom is -0.197 e. The van der Waals surface area contributed by atoms with E-state index in [1.54, 1.807) is 11.5 Å². The first-order chi connectivity index (χ1) is 4.34. The highest BCUT2D eigenvalue weighted by atomic mass is 32.1. The maximum Gasteiger partial charge on any atom is 0.0571 e. The highest BCUT2D eigenvalue weighted by Gasteiger charge is 1.97. The van der Waals surface area contributed by atoms with Crippen LogP contribution in [-0.4, -0.2) is 4.37 Å². The van der Waals surface area contributed by atoms with Crippen molar-refractivity contribution in [3.8, 4) is 0 Å². The third-order valence-corrected chi connectivity index (χ3v) is 2.12. The highest BCUT2D eigenvalue weighted by molar-refractivity contribution is 7.03. The van der Waals surface area contributed by atoms with Crippen molar-refractivity contribution < 1.29 is 0 Å². The molecule has 9 heavy (non-hydrogen) atoms. The lowest BCUT2D eigenvalue weighted by atomic mass is 10.2. The molecular weight excluding hydrogens is 130 g/mol. The Morgan fingerprint density at radius 2 is 2.44 bits per heavy atom. The van der Waals surface area contributed by atoms with Crippen molar-refractivity contribution in [2.24, 2.45) is 0 Å².